The fourth-order valence-corrected chi connectivity index (χ4v) is 1.83. The first-order valence-corrected chi connectivity index (χ1v) is 5.29. The van der Waals surface area contributed by atoms with E-state index in [0.29, 0.717) is 13.0 Å². The van der Waals surface area contributed by atoms with E-state index in [1.807, 2.05) is 0 Å². The highest BCUT2D eigenvalue weighted by atomic mass is 16.4. The zero-order valence-electron chi connectivity index (χ0n) is 9.23. The van der Waals surface area contributed by atoms with E-state index in [4.69, 9.17) is 5.11 Å². The van der Waals surface area contributed by atoms with Crippen molar-refractivity contribution in [3.05, 3.63) is 0 Å². The van der Waals surface area contributed by atoms with Crippen LogP contribution in [0.4, 0.5) is 0 Å². The molecule has 1 aliphatic rings. The van der Waals surface area contributed by atoms with E-state index in [9.17, 15) is 14.4 Å². The number of nitrogens with one attached hydrogen (secondary N) is 1. The van der Waals surface area contributed by atoms with Crippen molar-refractivity contribution in [3.8, 4) is 0 Å². The fraction of sp³-hybridized carbons (Fsp3) is 0.700. The topological polar surface area (TPSA) is 86.7 Å². The molecule has 1 heterocycles. The van der Waals surface area contributed by atoms with Crippen molar-refractivity contribution in [1.82, 2.24) is 10.2 Å². The van der Waals surface area contributed by atoms with Gasteiger partial charge in [-0.05, 0) is 12.8 Å². The third kappa shape index (κ3) is 3.22. The summed E-state index contributed by atoms with van der Waals surface area (Å²) >= 11 is 0. The standard InChI is InChI=1S/C10H16N2O4/c1-7(13)12-6-2-3-8(12)10(16)11-5-4-9(14)15/h8H,2-6H2,1H3,(H,11,16)(H,14,15). The van der Waals surface area contributed by atoms with Crippen LogP contribution in [0.2, 0.25) is 0 Å². The molecule has 2 amide bonds. The Bertz CT molecular complexity index is 303. The molecule has 0 spiro atoms. The van der Waals surface area contributed by atoms with Crippen LogP contribution in [0.15, 0.2) is 0 Å². The summed E-state index contributed by atoms with van der Waals surface area (Å²) < 4.78 is 0. The van der Waals surface area contributed by atoms with E-state index in [0.717, 1.165) is 6.42 Å². The first kappa shape index (κ1) is 12.5. The monoisotopic (exact) mass is 228 g/mol. The Labute approximate surface area is 93.6 Å². The predicted molar refractivity (Wildman–Crippen MR) is 55.7 cm³/mol. The van der Waals surface area contributed by atoms with Gasteiger partial charge in [0, 0.05) is 20.0 Å². The normalized spacial score (nSPS) is 19.6. The molecule has 1 atom stereocenters. The van der Waals surface area contributed by atoms with E-state index < -0.39 is 12.0 Å². The Morgan fingerprint density at radius 3 is 2.69 bits per heavy atom. The van der Waals surface area contributed by atoms with Gasteiger partial charge < -0.3 is 15.3 Å². The van der Waals surface area contributed by atoms with Crippen molar-refractivity contribution in [1.29, 1.82) is 0 Å². The van der Waals surface area contributed by atoms with Gasteiger partial charge in [0.15, 0.2) is 0 Å². The van der Waals surface area contributed by atoms with E-state index >= 15 is 0 Å². The van der Waals surface area contributed by atoms with Gasteiger partial charge in [-0.15, -0.1) is 0 Å². The Balaban J connectivity index is 2.41. The fourth-order valence-electron chi connectivity index (χ4n) is 1.83. The maximum atomic E-state index is 11.6. The second-order valence-corrected chi connectivity index (χ2v) is 3.81. The van der Waals surface area contributed by atoms with Gasteiger partial charge in [0.05, 0.1) is 6.42 Å². The molecule has 6 heteroatoms. The predicted octanol–water partition coefficient (Wildman–Crippen LogP) is -0.412. The number of rotatable bonds is 4. The van der Waals surface area contributed by atoms with Gasteiger partial charge in [-0.3, -0.25) is 14.4 Å². The highest BCUT2D eigenvalue weighted by Crippen LogP contribution is 2.17. The van der Waals surface area contributed by atoms with Gasteiger partial charge in [0.25, 0.3) is 0 Å². The maximum absolute atomic E-state index is 11.6. The van der Waals surface area contributed by atoms with Crippen LogP contribution in [0.1, 0.15) is 26.2 Å². The molecule has 0 aromatic heterocycles. The summed E-state index contributed by atoms with van der Waals surface area (Å²) in [6.45, 7) is 2.14. The molecular formula is C10H16N2O4. The van der Waals surface area contributed by atoms with E-state index in [1.165, 1.54) is 11.8 Å². The molecule has 1 aliphatic heterocycles. The van der Waals surface area contributed by atoms with E-state index in [2.05, 4.69) is 5.32 Å². The Morgan fingerprint density at radius 1 is 1.44 bits per heavy atom. The summed E-state index contributed by atoms with van der Waals surface area (Å²) in [4.78, 5) is 34.6. The summed E-state index contributed by atoms with van der Waals surface area (Å²) in [6, 6.07) is -0.425. The molecule has 1 unspecified atom stereocenters. The number of nitrogens with zero attached hydrogens (tertiary/aromatic N) is 1. The number of carboxylic acids is 1. The van der Waals surface area contributed by atoms with Gasteiger partial charge in [-0.1, -0.05) is 0 Å². The average molecular weight is 228 g/mol. The zero-order valence-corrected chi connectivity index (χ0v) is 9.23. The highest BCUT2D eigenvalue weighted by Gasteiger charge is 2.31. The molecule has 0 saturated carbocycles. The lowest BCUT2D eigenvalue weighted by Gasteiger charge is -2.22. The van der Waals surface area contributed by atoms with Gasteiger partial charge in [-0.25, -0.2) is 0 Å². The summed E-state index contributed by atoms with van der Waals surface area (Å²) in [7, 11) is 0. The summed E-state index contributed by atoms with van der Waals surface area (Å²) in [5, 5.41) is 10.9. The number of aliphatic carboxylic acids is 1. The minimum absolute atomic E-state index is 0.0987. The Kier molecular flexibility index (Phi) is 4.28. The Morgan fingerprint density at radius 2 is 2.12 bits per heavy atom. The van der Waals surface area contributed by atoms with Crippen molar-refractivity contribution in [2.75, 3.05) is 13.1 Å². The highest BCUT2D eigenvalue weighted by molar-refractivity contribution is 5.87. The minimum Gasteiger partial charge on any atom is -0.481 e. The van der Waals surface area contributed by atoms with Gasteiger partial charge >= 0.3 is 5.97 Å². The number of hydrogen-bond acceptors (Lipinski definition) is 3. The number of amides is 2. The lowest BCUT2D eigenvalue weighted by molar-refractivity contribution is -0.138. The van der Waals surface area contributed by atoms with Crippen LogP contribution >= 0.6 is 0 Å². The quantitative estimate of drug-likeness (QED) is 0.684. The Hall–Kier alpha value is -1.59. The average Bonchev–Trinajstić information content (AvgIpc) is 2.65. The molecule has 2 N–H and O–H groups in total. The molecule has 16 heavy (non-hydrogen) atoms. The van der Waals surface area contributed by atoms with Crippen LogP contribution in [-0.4, -0.2) is 46.9 Å². The van der Waals surface area contributed by atoms with Crippen LogP contribution in [0, 0.1) is 0 Å². The van der Waals surface area contributed by atoms with Crippen molar-refractivity contribution in [2.24, 2.45) is 0 Å². The number of likely N-dealkylation sites (tertiary alicyclic amines) is 1. The van der Waals surface area contributed by atoms with Crippen molar-refractivity contribution in [2.45, 2.75) is 32.2 Å². The van der Waals surface area contributed by atoms with Crippen molar-refractivity contribution in [3.63, 3.8) is 0 Å². The van der Waals surface area contributed by atoms with Gasteiger partial charge in [-0.2, -0.15) is 0 Å². The SMILES string of the molecule is CC(=O)N1CCCC1C(=O)NCCC(=O)O. The summed E-state index contributed by atoms with van der Waals surface area (Å²) in [5.41, 5.74) is 0. The van der Waals surface area contributed by atoms with Crippen molar-refractivity contribution < 1.29 is 19.5 Å². The van der Waals surface area contributed by atoms with E-state index in [1.54, 1.807) is 0 Å². The molecular weight excluding hydrogens is 212 g/mol. The first-order chi connectivity index (χ1) is 7.52. The van der Waals surface area contributed by atoms with Crippen LogP contribution in [0.25, 0.3) is 0 Å². The molecule has 0 aliphatic carbocycles. The van der Waals surface area contributed by atoms with Crippen LogP contribution in [0.3, 0.4) is 0 Å². The smallest absolute Gasteiger partial charge is 0.305 e. The third-order valence-corrected chi connectivity index (χ3v) is 2.60. The minimum atomic E-state index is -0.949. The maximum Gasteiger partial charge on any atom is 0.305 e. The van der Waals surface area contributed by atoms with Gasteiger partial charge in [0.2, 0.25) is 11.8 Å². The van der Waals surface area contributed by atoms with Crippen LogP contribution in [0.5, 0.6) is 0 Å². The molecule has 1 rings (SSSR count). The number of carbonyl (C=O) groups excluding carboxylic acids is 2. The molecule has 1 fully saturated rings. The lowest BCUT2D eigenvalue weighted by atomic mass is 10.2. The molecule has 0 radical (unpaired) electrons. The number of carbonyl (C=O) groups is 3. The largest absolute Gasteiger partial charge is 0.481 e. The molecule has 0 aromatic carbocycles. The van der Waals surface area contributed by atoms with E-state index in [-0.39, 0.29) is 24.8 Å². The zero-order chi connectivity index (χ0) is 12.1. The molecule has 90 valence electrons. The first-order valence-electron chi connectivity index (χ1n) is 5.29. The molecule has 6 nitrogen and oxygen atoms in total. The lowest BCUT2D eigenvalue weighted by Crippen LogP contribution is -2.45. The number of carboxylic acid groups (broad SMARTS) is 1. The second-order valence-electron chi connectivity index (χ2n) is 3.81. The summed E-state index contributed by atoms with van der Waals surface area (Å²) in [6.07, 6.45) is 1.37. The molecule has 0 aromatic rings. The van der Waals surface area contributed by atoms with Gasteiger partial charge in [0.1, 0.15) is 6.04 Å². The second kappa shape index (κ2) is 5.48. The molecule has 0 bridgehead atoms. The van der Waals surface area contributed by atoms with Crippen LogP contribution in [-0.2, 0) is 14.4 Å². The number of hydrogen-bond donors (Lipinski definition) is 2. The molecule has 1 saturated heterocycles. The summed E-state index contributed by atoms with van der Waals surface area (Å²) in [5.74, 6) is -1.32. The van der Waals surface area contributed by atoms with Crippen LogP contribution < -0.4 is 5.32 Å². The van der Waals surface area contributed by atoms with Crippen molar-refractivity contribution >= 4 is 17.8 Å². The third-order valence-electron chi connectivity index (χ3n) is 2.60.